The van der Waals surface area contributed by atoms with Crippen LogP contribution in [0.15, 0.2) is 5.16 Å². The zero-order valence-electron chi connectivity index (χ0n) is 8.24. The minimum atomic E-state index is -0.611. The predicted molar refractivity (Wildman–Crippen MR) is 54.9 cm³/mol. The molecule has 0 amide bonds. The Kier molecular flexibility index (Phi) is 4.33. The van der Waals surface area contributed by atoms with Crippen molar-refractivity contribution in [3.8, 4) is 0 Å². The van der Waals surface area contributed by atoms with Gasteiger partial charge in [0, 0.05) is 11.5 Å². The van der Waals surface area contributed by atoms with Crippen molar-refractivity contribution in [2.45, 2.75) is 0 Å². The Balaban J connectivity index is 2.64. The molecule has 0 saturated carbocycles. The van der Waals surface area contributed by atoms with E-state index in [4.69, 9.17) is 5.73 Å². The number of carbonyl (C=O) groups is 2. The minimum Gasteiger partial charge on any atom is -0.466 e. The maximum absolute atomic E-state index is 10.7. The molecule has 0 spiro atoms. The fourth-order valence-electron chi connectivity index (χ4n) is 0.668. The van der Waals surface area contributed by atoms with Gasteiger partial charge >= 0.3 is 5.97 Å². The SMILES string of the molecule is COC(=O)CON=C(C=O)c1nsc(N)n1. The van der Waals surface area contributed by atoms with Crippen LogP contribution in [0.2, 0.25) is 0 Å². The molecule has 0 aliphatic heterocycles. The molecule has 86 valence electrons. The average molecular weight is 244 g/mol. The maximum Gasteiger partial charge on any atom is 0.346 e. The summed E-state index contributed by atoms with van der Waals surface area (Å²) in [7, 11) is 1.21. The number of nitrogen functional groups attached to an aromatic ring is 1. The van der Waals surface area contributed by atoms with Crippen LogP contribution >= 0.6 is 11.5 Å². The molecule has 0 atom stereocenters. The Morgan fingerprint density at radius 2 is 2.44 bits per heavy atom. The normalized spacial score (nSPS) is 10.9. The number of aldehydes is 1. The topological polar surface area (TPSA) is 117 Å². The van der Waals surface area contributed by atoms with Gasteiger partial charge in [-0.1, -0.05) is 5.16 Å². The number of ether oxygens (including phenoxy) is 1. The average Bonchev–Trinajstić information content (AvgIpc) is 2.70. The Morgan fingerprint density at radius 1 is 1.69 bits per heavy atom. The summed E-state index contributed by atoms with van der Waals surface area (Å²) >= 11 is 0.922. The zero-order chi connectivity index (χ0) is 12.0. The number of hydrogen-bond donors (Lipinski definition) is 1. The quantitative estimate of drug-likeness (QED) is 0.312. The van der Waals surface area contributed by atoms with Crippen molar-refractivity contribution in [3.63, 3.8) is 0 Å². The number of rotatable bonds is 5. The summed E-state index contributed by atoms with van der Waals surface area (Å²) in [6, 6.07) is 0. The maximum atomic E-state index is 10.7. The highest BCUT2D eigenvalue weighted by Gasteiger charge is 2.10. The van der Waals surface area contributed by atoms with Gasteiger partial charge in [-0.3, -0.25) is 4.79 Å². The molecule has 0 unspecified atom stereocenters. The first-order chi connectivity index (χ1) is 7.67. The first-order valence-electron chi connectivity index (χ1n) is 3.99. The first-order valence-corrected chi connectivity index (χ1v) is 4.76. The van der Waals surface area contributed by atoms with E-state index in [1.54, 1.807) is 0 Å². The summed E-state index contributed by atoms with van der Waals surface area (Å²) < 4.78 is 8.06. The molecule has 0 bridgehead atoms. The van der Waals surface area contributed by atoms with E-state index in [1.165, 1.54) is 7.11 Å². The van der Waals surface area contributed by atoms with Gasteiger partial charge in [-0.15, -0.1) is 0 Å². The molecule has 0 aromatic carbocycles. The van der Waals surface area contributed by atoms with Crippen LogP contribution in [0.1, 0.15) is 5.82 Å². The molecule has 0 saturated heterocycles. The van der Waals surface area contributed by atoms with Crippen LogP contribution < -0.4 is 5.73 Å². The molecule has 0 radical (unpaired) electrons. The summed E-state index contributed by atoms with van der Waals surface area (Å²) in [4.78, 5) is 29.6. The van der Waals surface area contributed by atoms with Crippen molar-refractivity contribution in [1.82, 2.24) is 9.36 Å². The van der Waals surface area contributed by atoms with Crippen LogP contribution in [0.4, 0.5) is 5.13 Å². The minimum absolute atomic E-state index is 0.0577. The molecule has 9 heteroatoms. The molecule has 0 aliphatic rings. The lowest BCUT2D eigenvalue weighted by Gasteiger charge is -1.97. The Labute approximate surface area is 94.2 Å². The monoisotopic (exact) mass is 244 g/mol. The molecule has 1 aromatic rings. The molecule has 16 heavy (non-hydrogen) atoms. The molecular formula is C7H8N4O4S. The second kappa shape index (κ2) is 5.75. The number of esters is 1. The van der Waals surface area contributed by atoms with E-state index in [1.807, 2.05) is 0 Å². The van der Waals surface area contributed by atoms with Gasteiger partial charge < -0.3 is 15.3 Å². The molecule has 2 N–H and O–H groups in total. The first kappa shape index (κ1) is 12.0. The van der Waals surface area contributed by atoms with Crippen LogP contribution in [-0.4, -0.2) is 41.0 Å². The van der Waals surface area contributed by atoms with Crippen molar-refractivity contribution in [1.29, 1.82) is 0 Å². The van der Waals surface area contributed by atoms with E-state index in [-0.39, 0.29) is 16.7 Å². The Hall–Kier alpha value is -2.03. The van der Waals surface area contributed by atoms with Gasteiger partial charge in [0.15, 0.2) is 23.0 Å². The fraction of sp³-hybridized carbons (Fsp3) is 0.286. The standard InChI is InChI=1S/C7H8N4O4S/c1-14-5(13)3-15-10-4(2-12)6-9-7(8)16-11-6/h2H,3H2,1H3,(H2,8,9,11). The third kappa shape index (κ3) is 3.28. The van der Waals surface area contributed by atoms with Gasteiger partial charge in [0.25, 0.3) is 0 Å². The van der Waals surface area contributed by atoms with Crippen molar-refractivity contribution < 1.29 is 19.2 Å². The predicted octanol–water partition coefficient (Wildman–Crippen LogP) is -0.787. The smallest absolute Gasteiger partial charge is 0.346 e. The lowest BCUT2D eigenvalue weighted by molar-refractivity contribution is -0.145. The van der Waals surface area contributed by atoms with E-state index in [0.717, 1.165) is 11.5 Å². The van der Waals surface area contributed by atoms with Crippen molar-refractivity contribution in [2.24, 2.45) is 5.16 Å². The molecule has 0 fully saturated rings. The zero-order valence-corrected chi connectivity index (χ0v) is 9.06. The van der Waals surface area contributed by atoms with Crippen molar-refractivity contribution >= 4 is 34.6 Å². The second-order valence-electron chi connectivity index (χ2n) is 2.40. The van der Waals surface area contributed by atoms with Crippen molar-refractivity contribution in [2.75, 3.05) is 19.5 Å². The molecule has 0 aliphatic carbocycles. The number of nitrogens with two attached hydrogens (primary N) is 1. The number of oxime groups is 1. The van der Waals surface area contributed by atoms with Crippen molar-refractivity contribution in [3.05, 3.63) is 5.82 Å². The van der Waals surface area contributed by atoms with Gasteiger partial charge in [0.05, 0.1) is 7.11 Å². The largest absolute Gasteiger partial charge is 0.466 e. The molecular weight excluding hydrogens is 236 g/mol. The highest BCUT2D eigenvalue weighted by Crippen LogP contribution is 2.06. The van der Waals surface area contributed by atoms with Crippen LogP contribution in [0.25, 0.3) is 0 Å². The van der Waals surface area contributed by atoms with Crippen LogP contribution in [0.3, 0.4) is 0 Å². The summed E-state index contributed by atoms with van der Waals surface area (Å²) in [5.41, 5.74) is 5.19. The van der Waals surface area contributed by atoms with E-state index in [9.17, 15) is 9.59 Å². The lowest BCUT2D eigenvalue weighted by Crippen LogP contribution is -2.11. The number of hydrogen-bond acceptors (Lipinski definition) is 9. The van der Waals surface area contributed by atoms with Crippen LogP contribution in [0.5, 0.6) is 0 Å². The second-order valence-corrected chi connectivity index (χ2v) is 3.18. The number of anilines is 1. The van der Waals surface area contributed by atoms with Gasteiger partial charge in [-0.25, -0.2) is 4.79 Å². The lowest BCUT2D eigenvalue weighted by atomic mass is 10.4. The van der Waals surface area contributed by atoms with E-state index < -0.39 is 12.6 Å². The summed E-state index contributed by atoms with van der Waals surface area (Å²) in [5.74, 6) is -0.554. The van der Waals surface area contributed by atoms with E-state index in [0.29, 0.717) is 6.29 Å². The van der Waals surface area contributed by atoms with Gasteiger partial charge in [0.1, 0.15) is 0 Å². The summed E-state index contributed by atoms with van der Waals surface area (Å²) in [6.45, 7) is -0.395. The third-order valence-electron chi connectivity index (χ3n) is 1.36. The third-order valence-corrected chi connectivity index (χ3v) is 1.90. The highest BCUT2D eigenvalue weighted by molar-refractivity contribution is 7.09. The van der Waals surface area contributed by atoms with Gasteiger partial charge in [0.2, 0.25) is 6.61 Å². The Morgan fingerprint density at radius 3 is 2.94 bits per heavy atom. The summed E-state index contributed by atoms with van der Waals surface area (Å²) in [5, 5.41) is 3.59. The fourth-order valence-corrected chi connectivity index (χ4v) is 1.11. The highest BCUT2D eigenvalue weighted by atomic mass is 32.1. The van der Waals surface area contributed by atoms with Crippen LogP contribution in [0, 0.1) is 0 Å². The van der Waals surface area contributed by atoms with Crippen LogP contribution in [-0.2, 0) is 19.2 Å². The molecule has 1 heterocycles. The number of aromatic nitrogens is 2. The molecule has 1 rings (SSSR count). The molecule has 1 aromatic heterocycles. The number of nitrogens with zero attached hydrogens (tertiary/aromatic N) is 3. The summed E-state index contributed by atoms with van der Waals surface area (Å²) in [6.07, 6.45) is 0.402. The van der Waals surface area contributed by atoms with Gasteiger partial charge in [-0.05, 0) is 0 Å². The van der Waals surface area contributed by atoms with E-state index >= 15 is 0 Å². The Bertz CT molecular complexity index is 416. The number of carbonyl (C=O) groups excluding carboxylic acids is 2. The van der Waals surface area contributed by atoms with Gasteiger partial charge in [-0.2, -0.15) is 9.36 Å². The molecule has 8 nitrogen and oxygen atoms in total. The van der Waals surface area contributed by atoms with E-state index in [2.05, 4.69) is 24.1 Å². The number of methoxy groups -OCH3 is 1.